The van der Waals surface area contributed by atoms with E-state index in [2.05, 4.69) is 5.32 Å². The van der Waals surface area contributed by atoms with E-state index in [0.29, 0.717) is 36.8 Å². The van der Waals surface area contributed by atoms with Gasteiger partial charge in [0.15, 0.2) is 11.5 Å². The summed E-state index contributed by atoms with van der Waals surface area (Å²) < 4.78 is 11.0. The lowest BCUT2D eigenvalue weighted by Gasteiger charge is -2.20. The highest BCUT2D eigenvalue weighted by Crippen LogP contribution is 2.33. The number of fused-ring (bicyclic) bond motifs is 1. The van der Waals surface area contributed by atoms with Crippen molar-refractivity contribution in [1.82, 2.24) is 5.32 Å². The summed E-state index contributed by atoms with van der Waals surface area (Å²) in [5, 5.41) is 2.86. The highest BCUT2D eigenvalue weighted by Gasteiger charge is 2.19. The number of hydrogen-bond donors (Lipinski definition) is 2. The third kappa shape index (κ3) is 3.38. The van der Waals surface area contributed by atoms with E-state index in [1.165, 1.54) is 0 Å². The second kappa shape index (κ2) is 6.43. The Bertz CT molecular complexity index is 448. The van der Waals surface area contributed by atoms with Crippen molar-refractivity contribution in [2.45, 2.75) is 25.8 Å². The number of ether oxygens (including phenoxy) is 2. The van der Waals surface area contributed by atoms with Gasteiger partial charge in [-0.2, -0.15) is 0 Å². The fourth-order valence-corrected chi connectivity index (χ4v) is 1.92. The van der Waals surface area contributed by atoms with Crippen LogP contribution in [0.4, 0.5) is 0 Å². The molecule has 0 radical (unpaired) electrons. The number of nitrogens with one attached hydrogen (secondary N) is 1. The van der Waals surface area contributed by atoms with Crippen LogP contribution >= 0.6 is 0 Å². The molecule has 0 aliphatic carbocycles. The predicted octanol–water partition coefficient (Wildman–Crippen LogP) is 1.31. The number of amides is 1. The van der Waals surface area contributed by atoms with Crippen LogP contribution in [0.25, 0.3) is 0 Å². The van der Waals surface area contributed by atoms with Gasteiger partial charge < -0.3 is 20.5 Å². The third-order valence-electron chi connectivity index (χ3n) is 3.14. The zero-order chi connectivity index (χ0) is 13.7. The van der Waals surface area contributed by atoms with Crippen LogP contribution in [0.15, 0.2) is 18.2 Å². The normalized spacial score (nSPS) is 14.8. The SMILES string of the molecule is CCC(N)CCNC(=O)c1cccc2c1OCCO2. The van der Waals surface area contributed by atoms with Gasteiger partial charge in [0.05, 0.1) is 5.56 Å². The number of hydrogen-bond acceptors (Lipinski definition) is 4. The van der Waals surface area contributed by atoms with Crippen molar-refractivity contribution < 1.29 is 14.3 Å². The molecule has 0 spiro atoms. The molecule has 1 aliphatic heterocycles. The average molecular weight is 264 g/mol. The lowest BCUT2D eigenvalue weighted by Crippen LogP contribution is -2.30. The smallest absolute Gasteiger partial charge is 0.255 e. The molecule has 1 aliphatic rings. The summed E-state index contributed by atoms with van der Waals surface area (Å²) in [6, 6.07) is 5.46. The summed E-state index contributed by atoms with van der Waals surface area (Å²) in [5.41, 5.74) is 6.33. The number of nitrogens with two attached hydrogens (primary N) is 1. The van der Waals surface area contributed by atoms with Gasteiger partial charge in [-0.15, -0.1) is 0 Å². The minimum Gasteiger partial charge on any atom is -0.486 e. The minimum atomic E-state index is -0.148. The Balaban J connectivity index is 1.99. The van der Waals surface area contributed by atoms with Crippen molar-refractivity contribution in [2.24, 2.45) is 5.73 Å². The molecule has 1 aromatic rings. The van der Waals surface area contributed by atoms with Gasteiger partial charge in [-0.05, 0) is 25.0 Å². The van der Waals surface area contributed by atoms with Crippen LogP contribution < -0.4 is 20.5 Å². The molecule has 0 saturated heterocycles. The van der Waals surface area contributed by atoms with Gasteiger partial charge in [0.25, 0.3) is 5.91 Å². The Morgan fingerprint density at radius 3 is 3.00 bits per heavy atom. The molecule has 2 rings (SSSR count). The van der Waals surface area contributed by atoms with Gasteiger partial charge in [0.2, 0.25) is 0 Å². The Morgan fingerprint density at radius 1 is 1.42 bits per heavy atom. The molecule has 1 amide bonds. The van der Waals surface area contributed by atoms with Crippen LogP contribution in [0.3, 0.4) is 0 Å². The summed E-state index contributed by atoms with van der Waals surface area (Å²) in [4.78, 5) is 12.1. The topological polar surface area (TPSA) is 73.6 Å². The molecule has 1 unspecified atom stereocenters. The number of carbonyl (C=O) groups is 1. The predicted molar refractivity (Wildman–Crippen MR) is 72.6 cm³/mol. The quantitative estimate of drug-likeness (QED) is 0.841. The zero-order valence-electron chi connectivity index (χ0n) is 11.1. The first kappa shape index (κ1) is 13.7. The summed E-state index contributed by atoms with van der Waals surface area (Å²) in [5.74, 6) is 1.01. The first-order valence-corrected chi connectivity index (χ1v) is 6.64. The molecule has 0 saturated carbocycles. The van der Waals surface area contributed by atoms with Gasteiger partial charge >= 0.3 is 0 Å². The maximum atomic E-state index is 12.1. The fraction of sp³-hybridized carbons (Fsp3) is 0.500. The summed E-state index contributed by atoms with van der Waals surface area (Å²) in [6.07, 6.45) is 1.68. The third-order valence-corrected chi connectivity index (χ3v) is 3.14. The van der Waals surface area contributed by atoms with E-state index >= 15 is 0 Å². The standard InChI is InChI=1S/C14H20N2O3/c1-2-10(15)6-7-16-14(17)11-4-3-5-12-13(11)19-9-8-18-12/h3-5,10H,2,6-9,15H2,1H3,(H,16,17). The molecule has 19 heavy (non-hydrogen) atoms. The molecule has 5 heteroatoms. The highest BCUT2D eigenvalue weighted by molar-refractivity contribution is 5.97. The molecule has 1 atom stereocenters. The number of benzene rings is 1. The highest BCUT2D eigenvalue weighted by atomic mass is 16.6. The van der Waals surface area contributed by atoms with Crippen LogP contribution in [0.5, 0.6) is 11.5 Å². The molecule has 0 aromatic heterocycles. The van der Waals surface area contributed by atoms with Crippen molar-refractivity contribution in [3.63, 3.8) is 0 Å². The monoisotopic (exact) mass is 264 g/mol. The maximum Gasteiger partial charge on any atom is 0.255 e. The van der Waals surface area contributed by atoms with Crippen molar-refractivity contribution >= 4 is 5.91 Å². The first-order valence-electron chi connectivity index (χ1n) is 6.64. The Labute approximate surface area is 113 Å². The van der Waals surface area contributed by atoms with E-state index in [1.54, 1.807) is 18.2 Å². The van der Waals surface area contributed by atoms with Crippen LogP contribution in [0, 0.1) is 0 Å². The molecule has 104 valence electrons. The number of rotatable bonds is 5. The van der Waals surface area contributed by atoms with E-state index in [4.69, 9.17) is 15.2 Å². The van der Waals surface area contributed by atoms with Gasteiger partial charge in [0.1, 0.15) is 13.2 Å². The summed E-state index contributed by atoms with van der Waals surface area (Å²) >= 11 is 0. The van der Waals surface area contributed by atoms with Gasteiger partial charge in [0, 0.05) is 12.6 Å². The molecule has 0 fully saturated rings. The van der Waals surface area contributed by atoms with Crippen molar-refractivity contribution in [3.8, 4) is 11.5 Å². The minimum absolute atomic E-state index is 0.129. The Hall–Kier alpha value is -1.75. The van der Waals surface area contributed by atoms with Crippen molar-refractivity contribution in [3.05, 3.63) is 23.8 Å². The number of carbonyl (C=O) groups excluding carboxylic acids is 1. The van der Waals surface area contributed by atoms with E-state index in [1.807, 2.05) is 6.92 Å². The van der Waals surface area contributed by atoms with Crippen LogP contribution in [-0.2, 0) is 0 Å². The Kier molecular flexibility index (Phi) is 4.63. The average Bonchev–Trinajstić information content (AvgIpc) is 2.46. The molecular weight excluding hydrogens is 244 g/mol. The zero-order valence-corrected chi connectivity index (χ0v) is 11.1. The molecular formula is C14H20N2O3. The Morgan fingerprint density at radius 2 is 2.21 bits per heavy atom. The maximum absolute atomic E-state index is 12.1. The van der Waals surface area contributed by atoms with Crippen LogP contribution in [0.1, 0.15) is 30.1 Å². The molecule has 5 nitrogen and oxygen atoms in total. The van der Waals surface area contributed by atoms with Gasteiger partial charge in [-0.3, -0.25) is 4.79 Å². The number of para-hydroxylation sites is 1. The lowest BCUT2D eigenvalue weighted by atomic mass is 10.1. The molecule has 3 N–H and O–H groups in total. The lowest BCUT2D eigenvalue weighted by molar-refractivity contribution is 0.0941. The van der Waals surface area contributed by atoms with E-state index < -0.39 is 0 Å². The van der Waals surface area contributed by atoms with Crippen LogP contribution in [-0.4, -0.2) is 31.7 Å². The first-order chi connectivity index (χ1) is 9.22. The van der Waals surface area contributed by atoms with Crippen molar-refractivity contribution in [1.29, 1.82) is 0 Å². The second-order valence-electron chi connectivity index (χ2n) is 4.54. The van der Waals surface area contributed by atoms with E-state index in [9.17, 15) is 4.79 Å². The molecule has 1 aromatic carbocycles. The molecule has 1 heterocycles. The second-order valence-corrected chi connectivity index (χ2v) is 4.54. The van der Waals surface area contributed by atoms with Gasteiger partial charge in [-0.1, -0.05) is 13.0 Å². The fourth-order valence-electron chi connectivity index (χ4n) is 1.92. The van der Waals surface area contributed by atoms with E-state index in [0.717, 1.165) is 12.8 Å². The van der Waals surface area contributed by atoms with Gasteiger partial charge in [-0.25, -0.2) is 0 Å². The summed E-state index contributed by atoms with van der Waals surface area (Å²) in [6.45, 7) is 3.59. The van der Waals surface area contributed by atoms with E-state index in [-0.39, 0.29) is 11.9 Å². The largest absolute Gasteiger partial charge is 0.486 e. The summed E-state index contributed by atoms with van der Waals surface area (Å²) in [7, 11) is 0. The molecule has 0 bridgehead atoms. The van der Waals surface area contributed by atoms with Crippen LogP contribution in [0.2, 0.25) is 0 Å². The van der Waals surface area contributed by atoms with Crippen molar-refractivity contribution in [2.75, 3.05) is 19.8 Å².